The summed E-state index contributed by atoms with van der Waals surface area (Å²) < 4.78 is 5.11. The number of hydrogen-bond acceptors (Lipinski definition) is 4. The molecule has 0 spiro atoms. The molecular weight excluding hydrogens is 256 g/mol. The van der Waals surface area contributed by atoms with Crippen LogP contribution in [0.2, 0.25) is 0 Å². The molecule has 0 aromatic heterocycles. The summed E-state index contributed by atoms with van der Waals surface area (Å²) in [6.07, 6.45) is 0.319. The molecule has 0 aliphatic rings. The molecule has 0 fully saturated rings. The first kappa shape index (κ1) is 16.1. The van der Waals surface area contributed by atoms with Gasteiger partial charge in [-0.25, -0.2) is 4.79 Å². The van der Waals surface area contributed by atoms with Gasteiger partial charge in [0.15, 0.2) is 0 Å². The molecule has 0 saturated heterocycles. The second-order valence-corrected chi connectivity index (χ2v) is 5.30. The third-order valence-electron chi connectivity index (χ3n) is 2.86. The SMILES string of the molecule is CCC(C)NC(=O)Oc1ccc(NCC(C)C)c(O)c1. The van der Waals surface area contributed by atoms with E-state index in [2.05, 4.69) is 24.5 Å². The predicted octanol–water partition coefficient (Wildman–Crippen LogP) is 3.35. The molecule has 0 aliphatic carbocycles. The van der Waals surface area contributed by atoms with Crippen molar-refractivity contribution < 1.29 is 14.6 Å². The summed E-state index contributed by atoms with van der Waals surface area (Å²) in [4.78, 5) is 11.6. The van der Waals surface area contributed by atoms with Crippen LogP contribution in [0.4, 0.5) is 10.5 Å². The average Bonchev–Trinajstić information content (AvgIpc) is 2.37. The molecular formula is C15H24N2O3. The number of aromatic hydroxyl groups is 1. The molecule has 5 nitrogen and oxygen atoms in total. The molecule has 3 N–H and O–H groups in total. The van der Waals surface area contributed by atoms with Gasteiger partial charge >= 0.3 is 6.09 Å². The summed E-state index contributed by atoms with van der Waals surface area (Å²) in [6.45, 7) is 8.81. The van der Waals surface area contributed by atoms with Crippen LogP contribution in [0.1, 0.15) is 34.1 Å². The summed E-state index contributed by atoms with van der Waals surface area (Å²) in [5, 5.41) is 15.7. The minimum Gasteiger partial charge on any atom is -0.506 e. The summed E-state index contributed by atoms with van der Waals surface area (Å²) >= 11 is 0. The van der Waals surface area contributed by atoms with E-state index in [0.717, 1.165) is 13.0 Å². The lowest BCUT2D eigenvalue weighted by Crippen LogP contribution is -2.34. The standard InChI is InChI=1S/C15H24N2O3/c1-5-11(4)17-15(19)20-12-6-7-13(14(18)8-12)16-9-10(2)3/h6-8,10-11,16,18H,5,9H2,1-4H3,(H,17,19). The number of nitrogens with one attached hydrogen (secondary N) is 2. The van der Waals surface area contributed by atoms with Crippen molar-refractivity contribution in [3.63, 3.8) is 0 Å². The molecule has 112 valence electrons. The highest BCUT2D eigenvalue weighted by atomic mass is 16.6. The highest BCUT2D eigenvalue weighted by Gasteiger charge is 2.09. The van der Waals surface area contributed by atoms with Crippen LogP contribution in [-0.4, -0.2) is 23.8 Å². The van der Waals surface area contributed by atoms with Gasteiger partial charge in [-0.05, 0) is 31.4 Å². The number of phenols is 1. The molecule has 1 amide bonds. The van der Waals surface area contributed by atoms with E-state index in [4.69, 9.17) is 4.74 Å². The Morgan fingerprint density at radius 2 is 2.05 bits per heavy atom. The van der Waals surface area contributed by atoms with Gasteiger partial charge in [-0.2, -0.15) is 0 Å². The van der Waals surface area contributed by atoms with Crippen LogP contribution in [0.5, 0.6) is 11.5 Å². The van der Waals surface area contributed by atoms with Crippen molar-refractivity contribution in [3.05, 3.63) is 18.2 Å². The van der Waals surface area contributed by atoms with Crippen molar-refractivity contribution in [2.75, 3.05) is 11.9 Å². The van der Waals surface area contributed by atoms with Crippen molar-refractivity contribution in [1.82, 2.24) is 5.32 Å². The summed E-state index contributed by atoms with van der Waals surface area (Å²) in [5.41, 5.74) is 0.633. The molecule has 1 atom stereocenters. The quantitative estimate of drug-likeness (QED) is 0.699. The Kier molecular flexibility index (Phi) is 6.15. The van der Waals surface area contributed by atoms with Crippen molar-refractivity contribution >= 4 is 11.8 Å². The van der Waals surface area contributed by atoms with E-state index in [1.807, 2.05) is 13.8 Å². The molecule has 20 heavy (non-hydrogen) atoms. The Balaban J connectivity index is 2.60. The number of carbonyl (C=O) groups is 1. The van der Waals surface area contributed by atoms with Gasteiger partial charge in [0, 0.05) is 18.7 Å². The largest absolute Gasteiger partial charge is 0.506 e. The Bertz CT molecular complexity index is 447. The van der Waals surface area contributed by atoms with Crippen LogP contribution in [0, 0.1) is 5.92 Å². The molecule has 0 aliphatic heterocycles. The van der Waals surface area contributed by atoms with E-state index in [1.165, 1.54) is 6.07 Å². The smallest absolute Gasteiger partial charge is 0.412 e. The molecule has 1 aromatic rings. The fourth-order valence-electron chi connectivity index (χ4n) is 1.48. The lowest BCUT2D eigenvalue weighted by atomic mass is 10.2. The van der Waals surface area contributed by atoms with Gasteiger partial charge in [0.05, 0.1) is 5.69 Å². The average molecular weight is 280 g/mol. The first-order chi connectivity index (χ1) is 9.42. The molecule has 1 rings (SSSR count). The van der Waals surface area contributed by atoms with Crippen molar-refractivity contribution in [1.29, 1.82) is 0 Å². The Hall–Kier alpha value is -1.91. The number of phenolic OH excluding ortho intramolecular Hbond substituents is 1. The highest BCUT2D eigenvalue weighted by Crippen LogP contribution is 2.28. The normalized spacial score (nSPS) is 12.1. The van der Waals surface area contributed by atoms with E-state index in [9.17, 15) is 9.90 Å². The zero-order valence-electron chi connectivity index (χ0n) is 12.6. The van der Waals surface area contributed by atoms with Gasteiger partial charge in [-0.1, -0.05) is 20.8 Å². The van der Waals surface area contributed by atoms with Gasteiger partial charge in [0.2, 0.25) is 0 Å². The summed E-state index contributed by atoms with van der Waals surface area (Å²) in [7, 11) is 0. The molecule has 5 heteroatoms. The first-order valence-electron chi connectivity index (χ1n) is 6.97. The lowest BCUT2D eigenvalue weighted by Gasteiger charge is -2.13. The number of benzene rings is 1. The fraction of sp³-hybridized carbons (Fsp3) is 0.533. The highest BCUT2D eigenvalue weighted by molar-refractivity contribution is 5.71. The van der Waals surface area contributed by atoms with Crippen LogP contribution in [0.25, 0.3) is 0 Å². The molecule has 1 aromatic carbocycles. The van der Waals surface area contributed by atoms with Gasteiger partial charge in [0.1, 0.15) is 11.5 Å². The third-order valence-corrected chi connectivity index (χ3v) is 2.86. The maximum atomic E-state index is 11.6. The van der Waals surface area contributed by atoms with E-state index in [0.29, 0.717) is 17.4 Å². The Morgan fingerprint density at radius 1 is 1.35 bits per heavy atom. The molecule has 0 heterocycles. The molecule has 0 bridgehead atoms. The van der Waals surface area contributed by atoms with Crippen LogP contribution in [0.15, 0.2) is 18.2 Å². The van der Waals surface area contributed by atoms with Crippen molar-refractivity contribution in [3.8, 4) is 11.5 Å². The van der Waals surface area contributed by atoms with Gasteiger partial charge in [0.25, 0.3) is 0 Å². The predicted molar refractivity (Wildman–Crippen MR) is 80.3 cm³/mol. The minimum absolute atomic E-state index is 0.0584. The second-order valence-electron chi connectivity index (χ2n) is 5.30. The molecule has 1 unspecified atom stereocenters. The lowest BCUT2D eigenvalue weighted by molar-refractivity contribution is 0.196. The minimum atomic E-state index is -0.512. The summed E-state index contributed by atoms with van der Waals surface area (Å²) in [6, 6.07) is 4.84. The van der Waals surface area contributed by atoms with E-state index >= 15 is 0 Å². The zero-order chi connectivity index (χ0) is 15.1. The number of hydrogen-bond donors (Lipinski definition) is 3. The van der Waals surface area contributed by atoms with E-state index < -0.39 is 6.09 Å². The second kappa shape index (κ2) is 7.62. The van der Waals surface area contributed by atoms with Crippen molar-refractivity contribution in [2.24, 2.45) is 5.92 Å². The third kappa shape index (κ3) is 5.38. The van der Waals surface area contributed by atoms with Gasteiger partial charge in [-0.15, -0.1) is 0 Å². The van der Waals surface area contributed by atoms with Crippen LogP contribution >= 0.6 is 0 Å². The number of rotatable bonds is 6. The monoisotopic (exact) mass is 280 g/mol. The number of anilines is 1. The van der Waals surface area contributed by atoms with Crippen LogP contribution < -0.4 is 15.4 Å². The zero-order valence-corrected chi connectivity index (χ0v) is 12.6. The Labute approximate surface area is 120 Å². The first-order valence-corrected chi connectivity index (χ1v) is 6.97. The fourth-order valence-corrected chi connectivity index (χ4v) is 1.48. The van der Waals surface area contributed by atoms with Gasteiger partial charge < -0.3 is 20.5 Å². The topological polar surface area (TPSA) is 70.6 Å². The Morgan fingerprint density at radius 3 is 2.60 bits per heavy atom. The summed E-state index contributed by atoms with van der Waals surface area (Å²) in [5.74, 6) is 0.865. The van der Waals surface area contributed by atoms with Crippen LogP contribution in [-0.2, 0) is 0 Å². The van der Waals surface area contributed by atoms with Gasteiger partial charge in [-0.3, -0.25) is 0 Å². The maximum absolute atomic E-state index is 11.6. The van der Waals surface area contributed by atoms with Crippen molar-refractivity contribution in [2.45, 2.75) is 40.2 Å². The number of amides is 1. The van der Waals surface area contributed by atoms with Crippen LogP contribution in [0.3, 0.4) is 0 Å². The van der Waals surface area contributed by atoms with E-state index in [-0.39, 0.29) is 11.8 Å². The number of ether oxygens (including phenoxy) is 1. The number of carbonyl (C=O) groups excluding carboxylic acids is 1. The van der Waals surface area contributed by atoms with E-state index in [1.54, 1.807) is 12.1 Å². The molecule has 0 radical (unpaired) electrons. The molecule has 0 saturated carbocycles. The maximum Gasteiger partial charge on any atom is 0.412 e.